The van der Waals surface area contributed by atoms with E-state index < -0.39 is 17.8 Å². The molecular formula is C15H16NO3-. The Balaban J connectivity index is 1.95. The predicted octanol–water partition coefficient (Wildman–Crippen LogP) is 0.635. The first-order chi connectivity index (χ1) is 9.18. The molecule has 19 heavy (non-hydrogen) atoms. The number of hydrogen-bond donors (Lipinski definition) is 1. The molecule has 0 spiro atoms. The molecule has 4 nitrogen and oxygen atoms in total. The summed E-state index contributed by atoms with van der Waals surface area (Å²) in [7, 11) is 0. The van der Waals surface area contributed by atoms with E-state index in [9.17, 15) is 14.7 Å². The molecule has 1 aromatic carbocycles. The number of hydrogen-bond acceptors (Lipinski definition) is 3. The van der Waals surface area contributed by atoms with Crippen LogP contribution in [-0.4, -0.2) is 11.9 Å². The van der Waals surface area contributed by atoms with Crippen molar-refractivity contribution in [2.75, 3.05) is 0 Å². The summed E-state index contributed by atoms with van der Waals surface area (Å²) in [4.78, 5) is 23.1. The number of nitrogens with one attached hydrogen (secondary N) is 1. The lowest BCUT2D eigenvalue weighted by Gasteiger charge is -2.28. The molecule has 100 valence electrons. The van der Waals surface area contributed by atoms with Gasteiger partial charge in [0.2, 0.25) is 5.91 Å². The van der Waals surface area contributed by atoms with Crippen molar-refractivity contribution >= 4 is 11.9 Å². The smallest absolute Gasteiger partial charge is 0.224 e. The zero-order valence-corrected chi connectivity index (χ0v) is 10.5. The summed E-state index contributed by atoms with van der Waals surface area (Å²) < 4.78 is 0. The lowest BCUT2D eigenvalue weighted by Crippen LogP contribution is -2.43. The van der Waals surface area contributed by atoms with Crippen LogP contribution in [0.4, 0.5) is 0 Å². The molecule has 1 aromatic rings. The first-order valence-electron chi connectivity index (χ1n) is 6.36. The second-order valence-electron chi connectivity index (χ2n) is 4.68. The maximum Gasteiger partial charge on any atom is 0.224 e. The van der Waals surface area contributed by atoms with E-state index in [1.54, 1.807) is 6.08 Å². The molecular weight excluding hydrogens is 242 g/mol. The number of aliphatic carboxylic acids is 1. The van der Waals surface area contributed by atoms with E-state index in [1.165, 1.54) is 0 Å². The maximum absolute atomic E-state index is 12.1. The number of carbonyl (C=O) groups is 2. The van der Waals surface area contributed by atoms with Crippen molar-refractivity contribution in [1.29, 1.82) is 0 Å². The largest absolute Gasteiger partial charge is 0.550 e. The summed E-state index contributed by atoms with van der Waals surface area (Å²) in [6.07, 6.45) is 4.47. The van der Waals surface area contributed by atoms with Gasteiger partial charge in [-0.3, -0.25) is 4.79 Å². The van der Waals surface area contributed by atoms with Gasteiger partial charge in [-0.25, -0.2) is 0 Å². The van der Waals surface area contributed by atoms with Gasteiger partial charge in [-0.1, -0.05) is 42.5 Å². The van der Waals surface area contributed by atoms with Crippen LogP contribution < -0.4 is 10.4 Å². The van der Waals surface area contributed by atoms with Gasteiger partial charge in [-0.2, -0.15) is 0 Å². The first-order valence-corrected chi connectivity index (χ1v) is 6.36. The average molecular weight is 258 g/mol. The van der Waals surface area contributed by atoms with Crippen LogP contribution in [0.15, 0.2) is 42.5 Å². The second kappa shape index (κ2) is 6.18. The van der Waals surface area contributed by atoms with Crippen LogP contribution >= 0.6 is 0 Å². The van der Waals surface area contributed by atoms with E-state index in [4.69, 9.17) is 0 Å². The quantitative estimate of drug-likeness (QED) is 0.806. The monoisotopic (exact) mass is 258 g/mol. The molecule has 0 bridgehead atoms. The minimum absolute atomic E-state index is 0.220. The van der Waals surface area contributed by atoms with Crippen molar-refractivity contribution in [1.82, 2.24) is 5.32 Å². The molecule has 2 rings (SSSR count). The molecule has 0 aromatic heterocycles. The third kappa shape index (κ3) is 3.44. The molecule has 4 heteroatoms. The summed E-state index contributed by atoms with van der Waals surface area (Å²) in [5, 5.41) is 13.8. The number of amides is 1. The van der Waals surface area contributed by atoms with Gasteiger partial charge < -0.3 is 15.2 Å². The highest BCUT2D eigenvalue weighted by Crippen LogP contribution is 2.25. The molecule has 2 atom stereocenters. The van der Waals surface area contributed by atoms with Crippen LogP contribution in [0.25, 0.3) is 0 Å². The SMILES string of the molecule is O=C([O-])[C@@H]1CC=CC[C@H]1C(=O)NCc1ccccc1. The van der Waals surface area contributed by atoms with E-state index >= 15 is 0 Å². The van der Waals surface area contributed by atoms with Crippen LogP contribution in [0.5, 0.6) is 0 Å². The van der Waals surface area contributed by atoms with Crippen molar-refractivity contribution in [3.63, 3.8) is 0 Å². The second-order valence-corrected chi connectivity index (χ2v) is 4.68. The summed E-state index contributed by atoms with van der Waals surface area (Å²) >= 11 is 0. The molecule has 0 aliphatic heterocycles. The van der Waals surface area contributed by atoms with Gasteiger partial charge in [0.25, 0.3) is 0 Å². The molecule has 0 unspecified atom stereocenters. The number of carboxylic acids is 1. The Morgan fingerprint density at radius 3 is 2.37 bits per heavy atom. The molecule has 0 fully saturated rings. The first kappa shape index (κ1) is 13.3. The molecule has 1 amide bonds. The molecule has 0 radical (unpaired) electrons. The van der Waals surface area contributed by atoms with Crippen molar-refractivity contribution in [3.8, 4) is 0 Å². The van der Waals surface area contributed by atoms with Crippen LogP contribution in [0.3, 0.4) is 0 Å². The van der Waals surface area contributed by atoms with Gasteiger partial charge in [0.1, 0.15) is 0 Å². The highest BCUT2D eigenvalue weighted by Gasteiger charge is 2.29. The Bertz CT molecular complexity index is 481. The van der Waals surface area contributed by atoms with Gasteiger partial charge in [-0.15, -0.1) is 0 Å². The van der Waals surface area contributed by atoms with Crippen LogP contribution in [0.2, 0.25) is 0 Å². The van der Waals surface area contributed by atoms with Crippen LogP contribution in [0, 0.1) is 11.8 Å². The summed E-state index contributed by atoms with van der Waals surface area (Å²) in [5.41, 5.74) is 0.993. The Morgan fingerprint density at radius 1 is 1.11 bits per heavy atom. The van der Waals surface area contributed by atoms with Crippen LogP contribution in [-0.2, 0) is 16.1 Å². The normalized spacial score (nSPS) is 21.9. The molecule has 1 N–H and O–H groups in total. The van der Waals surface area contributed by atoms with Gasteiger partial charge >= 0.3 is 0 Å². The fraction of sp³-hybridized carbons (Fsp3) is 0.333. The van der Waals surface area contributed by atoms with Gasteiger partial charge in [0.05, 0.1) is 0 Å². The third-order valence-electron chi connectivity index (χ3n) is 3.38. The zero-order valence-electron chi connectivity index (χ0n) is 10.5. The average Bonchev–Trinajstić information content (AvgIpc) is 2.46. The van der Waals surface area contributed by atoms with Crippen molar-refractivity contribution in [2.45, 2.75) is 19.4 Å². The lowest BCUT2D eigenvalue weighted by atomic mass is 9.82. The maximum atomic E-state index is 12.1. The summed E-state index contributed by atoms with van der Waals surface area (Å²) in [6, 6.07) is 9.53. The molecule has 1 aliphatic rings. The number of carbonyl (C=O) groups excluding carboxylic acids is 2. The minimum atomic E-state index is -1.15. The van der Waals surface area contributed by atoms with Crippen molar-refractivity contribution in [3.05, 3.63) is 48.0 Å². The fourth-order valence-corrected chi connectivity index (χ4v) is 2.28. The highest BCUT2D eigenvalue weighted by atomic mass is 16.4. The van der Waals surface area contributed by atoms with Gasteiger partial charge in [-0.05, 0) is 18.4 Å². The Kier molecular flexibility index (Phi) is 4.34. The minimum Gasteiger partial charge on any atom is -0.550 e. The number of rotatable bonds is 4. The lowest BCUT2D eigenvalue weighted by molar-refractivity contribution is -0.313. The predicted molar refractivity (Wildman–Crippen MR) is 68.6 cm³/mol. The van der Waals surface area contributed by atoms with Gasteiger partial charge in [0, 0.05) is 24.3 Å². The summed E-state index contributed by atoms with van der Waals surface area (Å²) in [5.74, 6) is -2.62. The van der Waals surface area contributed by atoms with E-state index in [0.29, 0.717) is 19.4 Å². The molecule has 1 aliphatic carbocycles. The molecule has 0 saturated heterocycles. The summed E-state index contributed by atoms with van der Waals surface area (Å²) in [6.45, 7) is 0.416. The van der Waals surface area contributed by atoms with E-state index in [1.807, 2.05) is 36.4 Å². The fourth-order valence-electron chi connectivity index (χ4n) is 2.28. The Hall–Kier alpha value is -2.10. The standard InChI is InChI=1S/C15H17NO3/c17-14(16-10-11-6-2-1-3-7-11)12-8-4-5-9-13(12)15(18)19/h1-7,12-13H,8-10H2,(H,16,17)(H,18,19)/p-1/t12-,13-/m1/s1. The number of allylic oxidation sites excluding steroid dienone is 2. The van der Waals surface area contributed by atoms with Gasteiger partial charge in [0.15, 0.2) is 0 Å². The van der Waals surface area contributed by atoms with Crippen molar-refractivity contribution in [2.24, 2.45) is 11.8 Å². The van der Waals surface area contributed by atoms with E-state index in [0.717, 1.165) is 5.56 Å². The Labute approximate surface area is 112 Å². The highest BCUT2D eigenvalue weighted by molar-refractivity contribution is 5.84. The number of carboxylic acid groups (broad SMARTS) is 1. The van der Waals surface area contributed by atoms with Crippen molar-refractivity contribution < 1.29 is 14.7 Å². The van der Waals surface area contributed by atoms with E-state index in [-0.39, 0.29) is 5.91 Å². The Morgan fingerprint density at radius 2 is 1.74 bits per heavy atom. The number of benzene rings is 1. The van der Waals surface area contributed by atoms with Crippen LogP contribution in [0.1, 0.15) is 18.4 Å². The molecule has 0 saturated carbocycles. The third-order valence-corrected chi connectivity index (χ3v) is 3.38. The molecule has 0 heterocycles. The zero-order chi connectivity index (χ0) is 13.7. The van der Waals surface area contributed by atoms with E-state index in [2.05, 4.69) is 5.32 Å². The topological polar surface area (TPSA) is 69.2 Å².